The Morgan fingerprint density at radius 1 is 1.50 bits per heavy atom. The van der Waals surface area contributed by atoms with Gasteiger partial charge in [0.05, 0.1) is 12.0 Å². The SMILES string of the molecule is CCc1cnccc1C(=O)N(C)C[C@H]1OCC[C@H]1c1n[nH]c(C)n1. The van der Waals surface area contributed by atoms with Crippen LogP contribution in [0.2, 0.25) is 0 Å². The van der Waals surface area contributed by atoms with Crippen molar-refractivity contribution in [1.82, 2.24) is 25.1 Å². The highest BCUT2D eigenvalue weighted by atomic mass is 16.5. The fraction of sp³-hybridized carbons (Fsp3) is 0.529. The lowest BCUT2D eigenvalue weighted by molar-refractivity contribution is 0.0549. The first-order chi connectivity index (χ1) is 11.6. The minimum absolute atomic E-state index is 0.00494. The van der Waals surface area contributed by atoms with Crippen LogP contribution in [-0.4, -0.2) is 57.3 Å². The largest absolute Gasteiger partial charge is 0.376 e. The Hall–Kier alpha value is -2.28. The number of aromatic amines is 1. The number of H-pyrrole nitrogens is 1. The molecule has 1 amide bonds. The second-order valence-corrected chi connectivity index (χ2v) is 6.16. The number of aromatic nitrogens is 4. The molecule has 128 valence electrons. The molecule has 1 fully saturated rings. The maximum Gasteiger partial charge on any atom is 0.254 e. The first-order valence-corrected chi connectivity index (χ1v) is 8.29. The molecule has 24 heavy (non-hydrogen) atoms. The Labute approximate surface area is 141 Å². The average Bonchev–Trinajstić information content (AvgIpc) is 3.22. The van der Waals surface area contributed by atoms with E-state index in [-0.39, 0.29) is 17.9 Å². The van der Waals surface area contributed by atoms with E-state index in [0.717, 1.165) is 30.1 Å². The topological polar surface area (TPSA) is 84.0 Å². The van der Waals surface area contributed by atoms with Crippen molar-refractivity contribution in [3.8, 4) is 0 Å². The van der Waals surface area contributed by atoms with Crippen LogP contribution < -0.4 is 0 Å². The van der Waals surface area contributed by atoms with Crippen molar-refractivity contribution in [2.75, 3.05) is 20.2 Å². The van der Waals surface area contributed by atoms with Crippen LogP contribution in [0.3, 0.4) is 0 Å². The predicted molar refractivity (Wildman–Crippen MR) is 88.8 cm³/mol. The van der Waals surface area contributed by atoms with Gasteiger partial charge in [-0.2, -0.15) is 5.10 Å². The van der Waals surface area contributed by atoms with Crippen LogP contribution in [0.4, 0.5) is 0 Å². The fourth-order valence-electron chi connectivity index (χ4n) is 3.13. The van der Waals surface area contributed by atoms with Crippen molar-refractivity contribution < 1.29 is 9.53 Å². The number of pyridine rings is 1. The molecule has 0 aliphatic carbocycles. The lowest BCUT2D eigenvalue weighted by Gasteiger charge is -2.24. The van der Waals surface area contributed by atoms with Gasteiger partial charge in [-0.1, -0.05) is 6.92 Å². The average molecular weight is 329 g/mol. The highest BCUT2D eigenvalue weighted by Gasteiger charge is 2.34. The van der Waals surface area contributed by atoms with Crippen LogP contribution in [0.1, 0.15) is 46.8 Å². The number of aryl methyl sites for hydroxylation is 2. The van der Waals surface area contributed by atoms with Gasteiger partial charge in [0.2, 0.25) is 0 Å². The Morgan fingerprint density at radius 2 is 2.33 bits per heavy atom. The minimum atomic E-state index is -0.0823. The quantitative estimate of drug-likeness (QED) is 0.903. The Kier molecular flexibility index (Phi) is 4.89. The number of likely N-dealkylation sites (N-methyl/N-ethyl adjacent to an activating group) is 1. The monoisotopic (exact) mass is 329 g/mol. The van der Waals surface area contributed by atoms with Crippen molar-refractivity contribution in [3.63, 3.8) is 0 Å². The lowest BCUT2D eigenvalue weighted by atomic mass is 10.00. The van der Waals surface area contributed by atoms with Gasteiger partial charge < -0.3 is 9.64 Å². The molecular formula is C17H23N5O2. The van der Waals surface area contributed by atoms with Gasteiger partial charge in [0.15, 0.2) is 5.82 Å². The molecule has 0 radical (unpaired) electrons. The molecule has 0 bridgehead atoms. The summed E-state index contributed by atoms with van der Waals surface area (Å²) in [6.45, 7) is 5.09. The van der Waals surface area contributed by atoms with E-state index in [2.05, 4.69) is 20.2 Å². The molecule has 2 aromatic rings. The number of hydrogen-bond acceptors (Lipinski definition) is 5. The highest BCUT2D eigenvalue weighted by Crippen LogP contribution is 2.29. The van der Waals surface area contributed by atoms with E-state index in [9.17, 15) is 4.79 Å². The van der Waals surface area contributed by atoms with Gasteiger partial charge in [-0.05, 0) is 31.4 Å². The van der Waals surface area contributed by atoms with E-state index in [1.54, 1.807) is 23.4 Å². The van der Waals surface area contributed by atoms with E-state index >= 15 is 0 Å². The molecular weight excluding hydrogens is 306 g/mol. The van der Waals surface area contributed by atoms with Crippen LogP contribution >= 0.6 is 0 Å². The maximum absolute atomic E-state index is 12.8. The third-order valence-electron chi connectivity index (χ3n) is 4.47. The van der Waals surface area contributed by atoms with Crippen LogP contribution in [0.5, 0.6) is 0 Å². The maximum atomic E-state index is 12.8. The van der Waals surface area contributed by atoms with E-state index in [1.807, 2.05) is 20.9 Å². The third-order valence-corrected chi connectivity index (χ3v) is 4.47. The van der Waals surface area contributed by atoms with Gasteiger partial charge in [0.1, 0.15) is 5.82 Å². The molecule has 1 saturated heterocycles. The Bertz CT molecular complexity index is 715. The molecule has 0 saturated carbocycles. The first-order valence-electron chi connectivity index (χ1n) is 8.29. The smallest absolute Gasteiger partial charge is 0.254 e. The van der Waals surface area contributed by atoms with E-state index < -0.39 is 0 Å². The summed E-state index contributed by atoms with van der Waals surface area (Å²) in [5.74, 6) is 1.68. The summed E-state index contributed by atoms with van der Waals surface area (Å²) in [5.41, 5.74) is 1.67. The summed E-state index contributed by atoms with van der Waals surface area (Å²) in [6.07, 6.45) is 4.99. The third kappa shape index (κ3) is 3.31. The zero-order chi connectivity index (χ0) is 17.1. The zero-order valence-corrected chi connectivity index (χ0v) is 14.3. The molecule has 7 heteroatoms. The molecule has 2 atom stereocenters. The van der Waals surface area contributed by atoms with Gasteiger partial charge in [-0.15, -0.1) is 0 Å². The number of carbonyl (C=O) groups is 1. The molecule has 1 aliphatic rings. The van der Waals surface area contributed by atoms with Crippen molar-refractivity contribution in [2.24, 2.45) is 0 Å². The van der Waals surface area contributed by atoms with Crippen molar-refractivity contribution in [2.45, 2.75) is 38.7 Å². The number of amides is 1. The lowest BCUT2D eigenvalue weighted by Crippen LogP contribution is -2.36. The normalized spacial score (nSPS) is 20.3. The number of hydrogen-bond donors (Lipinski definition) is 1. The summed E-state index contributed by atoms with van der Waals surface area (Å²) >= 11 is 0. The van der Waals surface area contributed by atoms with Crippen LogP contribution in [-0.2, 0) is 11.2 Å². The molecule has 1 aliphatic heterocycles. The van der Waals surface area contributed by atoms with Crippen molar-refractivity contribution in [1.29, 1.82) is 0 Å². The summed E-state index contributed by atoms with van der Waals surface area (Å²) in [7, 11) is 1.81. The van der Waals surface area contributed by atoms with Crippen LogP contribution in [0.15, 0.2) is 18.5 Å². The van der Waals surface area contributed by atoms with E-state index in [1.165, 1.54) is 0 Å². The molecule has 0 unspecified atom stereocenters. The predicted octanol–water partition coefficient (Wildman–Crippen LogP) is 1.72. The van der Waals surface area contributed by atoms with Gasteiger partial charge in [-0.3, -0.25) is 14.9 Å². The van der Waals surface area contributed by atoms with E-state index in [0.29, 0.717) is 18.7 Å². The fourth-order valence-corrected chi connectivity index (χ4v) is 3.13. The molecule has 2 aromatic heterocycles. The van der Waals surface area contributed by atoms with Crippen molar-refractivity contribution >= 4 is 5.91 Å². The molecule has 1 N–H and O–H groups in total. The molecule has 0 spiro atoms. The number of rotatable bonds is 5. The highest BCUT2D eigenvalue weighted by molar-refractivity contribution is 5.95. The second-order valence-electron chi connectivity index (χ2n) is 6.16. The van der Waals surface area contributed by atoms with Gasteiger partial charge in [-0.25, -0.2) is 4.98 Å². The summed E-state index contributed by atoms with van der Waals surface area (Å²) < 4.78 is 5.84. The summed E-state index contributed by atoms with van der Waals surface area (Å²) in [4.78, 5) is 23.0. The van der Waals surface area contributed by atoms with Crippen LogP contribution in [0, 0.1) is 6.92 Å². The first kappa shape index (κ1) is 16.6. The number of carbonyl (C=O) groups excluding carboxylic acids is 1. The molecule has 3 heterocycles. The van der Waals surface area contributed by atoms with Gasteiger partial charge in [0, 0.05) is 38.2 Å². The summed E-state index contributed by atoms with van der Waals surface area (Å²) in [6, 6.07) is 1.78. The minimum Gasteiger partial charge on any atom is -0.376 e. The van der Waals surface area contributed by atoms with Gasteiger partial charge in [0.25, 0.3) is 5.91 Å². The molecule has 7 nitrogen and oxygen atoms in total. The number of nitrogens with one attached hydrogen (secondary N) is 1. The molecule has 0 aromatic carbocycles. The Balaban J connectivity index is 1.71. The number of nitrogens with zero attached hydrogens (tertiary/aromatic N) is 4. The van der Waals surface area contributed by atoms with Crippen molar-refractivity contribution in [3.05, 3.63) is 41.2 Å². The second kappa shape index (κ2) is 7.09. The van der Waals surface area contributed by atoms with E-state index in [4.69, 9.17) is 4.74 Å². The van der Waals surface area contributed by atoms with Crippen LogP contribution in [0.25, 0.3) is 0 Å². The number of ether oxygens (including phenoxy) is 1. The Morgan fingerprint density at radius 3 is 3.04 bits per heavy atom. The standard InChI is InChI=1S/C17H23N5O2/c1-4-12-9-18-7-5-13(12)17(23)22(3)10-15-14(6-8-24-15)16-19-11(2)20-21-16/h5,7,9,14-15H,4,6,8,10H2,1-3H3,(H,19,20,21)/t14-,15-/m1/s1. The zero-order valence-electron chi connectivity index (χ0n) is 14.3. The van der Waals surface area contributed by atoms with Gasteiger partial charge >= 0.3 is 0 Å². The molecule has 3 rings (SSSR count). The summed E-state index contributed by atoms with van der Waals surface area (Å²) in [5, 5.41) is 7.14.